The van der Waals surface area contributed by atoms with E-state index in [0.29, 0.717) is 16.4 Å². The zero-order valence-electron chi connectivity index (χ0n) is 8.98. The minimum absolute atomic E-state index is 0.224. The van der Waals surface area contributed by atoms with Crippen LogP contribution < -0.4 is 0 Å². The second-order valence-electron chi connectivity index (χ2n) is 3.04. The van der Waals surface area contributed by atoms with Gasteiger partial charge in [-0.1, -0.05) is 36.4 Å². The Kier molecular flexibility index (Phi) is 4.00. The lowest BCUT2D eigenvalue weighted by Gasteiger charge is -2.04. The summed E-state index contributed by atoms with van der Waals surface area (Å²) >= 11 is 9.05. The molecule has 2 rings (SSSR count). The normalized spacial score (nSPS) is 10.2. The smallest absolute Gasteiger partial charge is 0.189 e. The van der Waals surface area contributed by atoms with Gasteiger partial charge in [0.1, 0.15) is 17.3 Å². The first kappa shape index (κ1) is 12.4. The summed E-state index contributed by atoms with van der Waals surface area (Å²) in [6.45, 7) is 2.02. The second-order valence-corrected chi connectivity index (χ2v) is 5.58. The number of rotatable bonds is 3. The summed E-state index contributed by atoms with van der Waals surface area (Å²) in [5, 5.41) is 11.9. The highest BCUT2D eigenvalue weighted by atomic mass is 35.5. The predicted molar refractivity (Wildman–Crippen MR) is 71.5 cm³/mol. The molecule has 6 heteroatoms. The number of aromatic nitrogens is 2. The van der Waals surface area contributed by atoms with Crippen molar-refractivity contribution in [2.75, 3.05) is 5.75 Å². The first-order valence-corrected chi connectivity index (χ1v) is 7.15. The largest absolute Gasteiger partial charge is 0.220 e. The third-order valence-corrected chi connectivity index (χ3v) is 3.86. The molecule has 0 saturated heterocycles. The van der Waals surface area contributed by atoms with Crippen LogP contribution in [0.15, 0.2) is 22.7 Å². The van der Waals surface area contributed by atoms with Crippen molar-refractivity contribution in [3.05, 3.63) is 28.2 Å². The number of nitrogens with zero attached hydrogens (tertiary/aromatic N) is 3. The van der Waals surface area contributed by atoms with Crippen LogP contribution in [0.5, 0.6) is 0 Å². The van der Waals surface area contributed by atoms with E-state index in [2.05, 4.69) is 16.0 Å². The minimum atomic E-state index is 0.224. The van der Waals surface area contributed by atoms with E-state index < -0.39 is 0 Å². The molecule has 0 aliphatic carbocycles. The Hall–Kier alpha value is -1.09. The number of halogens is 1. The van der Waals surface area contributed by atoms with Crippen LogP contribution >= 0.6 is 34.7 Å². The Balaban J connectivity index is 2.59. The minimum Gasteiger partial charge on any atom is -0.220 e. The number of hydrogen-bond acceptors (Lipinski definition) is 5. The maximum Gasteiger partial charge on any atom is 0.189 e. The van der Waals surface area contributed by atoms with Crippen molar-refractivity contribution in [1.29, 1.82) is 5.26 Å². The SMILES string of the molecule is CCSc1nc(Cl)c(C#N)c(-c2cccs2)n1. The average molecular weight is 282 g/mol. The van der Waals surface area contributed by atoms with Crippen molar-refractivity contribution in [2.45, 2.75) is 12.1 Å². The molecule has 0 amide bonds. The van der Waals surface area contributed by atoms with Crippen molar-refractivity contribution >= 4 is 34.7 Å². The fourth-order valence-corrected chi connectivity index (χ4v) is 2.85. The van der Waals surface area contributed by atoms with Gasteiger partial charge in [-0.2, -0.15) is 5.26 Å². The summed E-state index contributed by atoms with van der Waals surface area (Å²) < 4.78 is 0. The monoisotopic (exact) mass is 281 g/mol. The van der Waals surface area contributed by atoms with E-state index in [-0.39, 0.29) is 5.15 Å². The van der Waals surface area contributed by atoms with Crippen LogP contribution in [0.4, 0.5) is 0 Å². The van der Waals surface area contributed by atoms with E-state index in [9.17, 15) is 0 Å². The van der Waals surface area contributed by atoms with Gasteiger partial charge in [0, 0.05) is 0 Å². The summed E-state index contributed by atoms with van der Waals surface area (Å²) in [5.74, 6) is 0.867. The quantitative estimate of drug-likeness (QED) is 0.487. The molecule has 0 spiro atoms. The number of hydrogen-bond donors (Lipinski definition) is 0. The van der Waals surface area contributed by atoms with E-state index in [4.69, 9.17) is 16.9 Å². The molecule has 2 heterocycles. The molecular weight excluding hydrogens is 274 g/mol. The molecule has 0 aromatic carbocycles. The van der Waals surface area contributed by atoms with Crippen LogP contribution in [-0.4, -0.2) is 15.7 Å². The fraction of sp³-hybridized carbons (Fsp3) is 0.182. The number of thiophene rings is 1. The number of thioether (sulfide) groups is 1. The van der Waals surface area contributed by atoms with Gasteiger partial charge in [0.05, 0.1) is 4.88 Å². The van der Waals surface area contributed by atoms with Crippen LogP contribution in [-0.2, 0) is 0 Å². The number of nitriles is 1. The van der Waals surface area contributed by atoms with Crippen LogP contribution in [0.2, 0.25) is 5.15 Å². The molecule has 2 aromatic heterocycles. The van der Waals surface area contributed by atoms with E-state index in [1.165, 1.54) is 23.1 Å². The molecule has 2 aromatic rings. The predicted octanol–water partition coefficient (Wildman–Crippen LogP) is 3.84. The van der Waals surface area contributed by atoms with E-state index >= 15 is 0 Å². The molecule has 0 bridgehead atoms. The summed E-state index contributed by atoms with van der Waals surface area (Å²) in [4.78, 5) is 9.43. The molecule has 0 N–H and O–H groups in total. The topological polar surface area (TPSA) is 49.6 Å². The molecular formula is C11H8ClN3S2. The Labute approximate surface area is 112 Å². The summed E-state index contributed by atoms with van der Waals surface area (Å²) in [5.41, 5.74) is 0.966. The van der Waals surface area contributed by atoms with Gasteiger partial charge in [-0.05, 0) is 17.2 Å². The van der Waals surface area contributed by atoms with Crippen LogP contribution in [0, 0.1) is 11.3 Å². The van der Waals surface area contributed by atoms with Gasteiger partial charge in [-0.15, -0.1) is 11.3 Å². The zero-order valence-corrected chi connectivity index (χ0v) is 11.4. The van der Waals surface area contributed by atoms with E-state index in [1.807, 2.05) is 24.4 Å². The van der Waals surface area contributed by atoms with Gasteiger partial charge < -0.3 is 0 Å². The van der Waals surface area contributed by atoms with Gasteiger partial charge in [0.15, 0.2) is 10.3 Å². The summed E-state index contributed by atoms with van der Waals surface area (Å²) in [6.07, 6.45) is 0. The standard InChI is InChI=1S/C11H8ClN3S2/c1-2-16-11-14-9(8-4-3-5-17-8)7(6-13)10(12)15-11/h3-5H,2H2,1H3. The highest BCUT2D eigenvalue weighted by Gasteiger charge is 2.15. The van der Waals surface area contributed by atoms with Crippen LogP contribution in [0.25, 0.3) is 10.6 Å². The molecule has 86 valence electrons. The maximum atomic E-state index is 9.10. The summed E-state index contributed by atoms with van der Waals surface area (Å²) in [7, 11) is 0. The van der Waals surface area contributed by atoms with Crippen LogP contribution in [0.1, 0.15) is 12.5 Å². The molecule has 0 atom stereocenters. The lowest BCUT2D eigenvalue weighted by molar-refractivity contribution is 0.969. The Bertz CT molecular complexity index is 561. The lowest BCUT2D eigenvalue weighted by atomic mass is 10.2. The van der Waals surface area contributed by atoms with E-state index in [0.717, 1.165) is 10.6 Å². The van der Waals surface area contributed by atoms with Crippen molar-refractivity contribution in [3.63, 3.8) is 0 Å². The second kappa shape index (κ2) is 5.50. The van der Waals surface area contributed by atoms with Crippen molar-refractivity contribution < 1.29 is 0 Å². The van der Waals surface area contributed by atoms with Gasteiger partial charge in [-0.3, -0.25) is 0 Å². The van der Waals surface area contributed by atoms with Gasteiger partial charge in [0.25, 0.3) is 0 Å². The maximum absolute atomic E-state index is 9.10. The van der Waals surface area contributed by atoms with E-state index in [1.54, 1.807) is 0 Å². The summed E-state index contributed by atoms with van der Waals surface area (Å²) in [6, 6.07) is 5.90. The molecule has 0 fully saturated rings. The highest BCUT2D eigenvalue weighted by molar-refractivity contribution is 7.99. The Morgan fingerprint density at radius 2 is 2.35 bits per heavy atom. The third-order valence-electron chi connectivity index (χ3n) is 1.98. The lowest BCUT2D eigenvalue weighted by Crippen LogP contribution is -1.96. The van der Waals surface area contributed by atoms with Gasteiger partial charge >= 0.3 is 0 Å². The first-order chi connectivity index (χ1) is 8.26. The molecule has 3 nitrogen and oxygen atoms in total. The first-order valence-electron chi connectivity index (χ1n) is 4.90. The molecule has 0 aliphatic heterocycles. The Morgan fingerprint density at radius 1 is 1.53 bits per heavy atom. The fourth-order valence-electron chi connectivity index (χ4n) is 1.30. The Morgan fingerprint density at radius 3 is 2.94 bits per heavy atom. The highest BCUT2D eigenvalue weighted by Crippen LogP contribution is 2.31. The van der Waals surface area contributed by atoms with Crippen LogP contribution in [0.3, 0.4) is 0 Å². The average Bonchev–Trinajstić information content (AvgIpc) is 2.82. The molecule has 0 aliphatic rings. The molecule has 0 radical (unpaired) electrons. The molecule has 0 saturated carbocycles. The zero-order chi connectivity index (χ0) is 12.3. The van der Waals surface area contributed by atoms with Crippen molar-refractivity contribution in [1.82, 2.24) is 9.97 Å². The van der Waals surface area contributed by atoms with Crippen molar-refractivity contribution in [2.24, 2.45) is 0 Å². The third kappa shape index (κ3) is 2.60. The van der Waals surface area contributed by atoms with Gasteiger partial charge in [0.2, 0.25) is 0 Å². The molecule has 17 heavy (non-hydrogen) atoms. The molecule has 0 unspecified atom stereocenters. The van der Waals surface area contributed by atoms with Crippen molar-refractivity contribution in [3.8, 4) is 16.6 Å². The van der Waals surface area contributed by atoms with Gasteiger partial charge in [-0.25, -0.2) is 9.97 Å².